The number of anilines is 1. The van der Waals surface area contributed by atoms with Crippen LogP contribution in [-0.2, 0) is 4.74 Å². The number of hydrogen-bond donors (Lipinski definition) is 3. The maximum Gasteiger partial charge on any atom is 0.251 e. The molecule has 0 spiro atoms. The minimum Gasteiger partial charge on any atom is -0.377 e. The van der Waals surface area contributed by atoms with Crippen LogP contribution < -0.4 is 16.8 Å². The summed E-state index contributed by atoms with van der Waals surface area (Å²) in [5.74, 6) is -0.0339. The van der Waals surface area contributed by atoms with Gasteiger partial charge in [-0.3, -0.25) is 4.79 Å². The van der Waals surface area contributed by atoms with E-state index in [4.69, 9.17) is 16.2 Å². The number of halogens is 1. The van der Waals surface area contributed by atoms with Crippen molar-refractivity contribution in [2.45, 2.75) is 24.6 Å². The van der Waals surface area contributed by atoms with Crippen LogP contribution in [0.15, 0.2) is 22.7 Å². The molecule has 0 radical (unpaired) electrons. The molecule has 6 heteroatoms. The summed E-state index contributed by atoms with van der Waals surface area (Å²) in [4.78, 5) is 11.5. The maximum atomic E-state index is 11.5. The minimum atomic E-state index is -0.466. The number of ether oxygens (including phenoxy) is 1. The molecule has 5 nitrogen and oxygen atoms in total. The van der Waals surface area contributed by atoms with E-state index in [0.717, 1.165) is 13.0 Å². The first-order valence-corrected chi connectivity index (χ1v) is 7.11. The van der Waals surface area contributed by atoms with E-state index >= 15 is 0 Å². The molecule has 2 fully saturated rings. The Hall–Kier alpha value is -1.11. The molecule has 1 heterocycles. The average molecular weight is 326 g/mol. The molecule has 0 aromatic heterocycles. The van der Waals surface area contributed by atoms with Crippen LogP contribution in [-0.4, -0.2) is 30.7 Å². The lowest BCUT2D eigenvalue weighted by Crippen LogP contribution is -2.65. The Kier molecular flexibility index (Phi) is 3.24. The highest BCUT2D eigenvalue weighted by molar-refractivity contribution is 9.10. The normalized spacial score (nSPS) is 32.5. The van der Waals surface area contributed by atoms with Gasteiger partial charge in [-0.05, 0) is 34.5 Å². The van der Waals surface area contributed by atoms with E-state index in [-0.39, 0.29) is 18.2 Å². The van der Waals surface area contributed by atoms with Crippen molar-refractivity contribution in [3.8, 4) is 0 Å². The highest BCUT2D eigenvalue weighted by Gasteiger charge is 2.52. The molecule has 3 rings (SSSR count). The van der Waals surface area contributed by atoms with Crippen LogP contribution in [0.25, 0.3) is 0 Å². The number of rotatable bonds is 3. The van der Waals surface area contributed by atoms with Crippen LogP contribution in [0, 0.1) is 5.92 Å². The van der Waals surface area contributed by atoms with E-state index < -0.39 is 5.91 Å². The standard InChI is InChI=1S/C13H16BrN3O2/c14-7-2-1-3-8(9(7)13(16)18)17-11-10(15)6-4-5-19-12(6)11/h1-3,6,10-12,17H,4-5,15H2,(H2,16,18). The lowest BCUT2D eigenvalue weighted by Gasteiger charge is -2.46. The number of carbonyl (C=O) groups is 1. The van der Waals surface area contributed by atoms with Crippen LogP contribution in [0.5, 0.6) is 0 Å². The average Bonchev–Trinajstić information content (AvgIpc) is 2.80. The van der Waals surface area contributed by atoms with Crippen molar-refractivity contribution in [2.24, 2.45) is 17.4 Å². The Labute approximate surface area is 119 Å². The number of fused-ring (bicyclic) bond motifs is 1. The summed E-state index contributed by atoms with van der Waals surface area (Å²) in [6, 6.07) is 5.59. The molecule has 1 amide bonds. The van der Waals surface area contributed by atoms with Crippen molar-refractivity contribution < 1.29 is 9.53 Å². The lowest BCUT2D eigenvalue weighted by molar-refractivity contribution is 0.00534. The van der Waals surface area contributed by atoms with Crippen molar-refractivity contribution in [1.29, 1.82) is 0 Å². The SMILES string of the molecule is NC(=O)c1c(Br)cccc1NC1C(N)C2CCOC21. The van der Waals surface area contributed by atoms with Gasteiger partial charge in [-0.2, -0.15) is 0 Å². The van der Waals surface area contributed by atoms with Gasteiger partial charge in [0.2, 0.25) is 0 Å². The van der Waals surface area contributed by atoms with Gasteiger partial charge in [0, 0.05) is 28.7 Å². The third-order valence-electron chi connectivity index (χ3n) is 4.03. The first-order chi connectivity index (χ1) is 9.09. The molecule has 1 aliphatic heterocycles. The van der Waals surface area contributed by atoms with Gasteiger partial charge in [0.25, 0.3) is 5.91 Å². The van der Waals surface area contributed by atoms with Gasteiger partial charge in [0.15, 0.2) is 0 Å². The Balaban J connectivity index is 1.84. The second kappa shape index (κ2) is 4.77. The summed E-state index contributed by atoms with van der Waals surface area (Å²) in [6.45, 7) is 0.766. The second-order valence-electron chi connectivity index (χ2n) is 5.06. The molecule has 5 N–H and O–H groups in total. The predicted molar refractivity (Wildman–Crippen MR) is 75.9 cm³/mol. The van der Waals surface area contributed by atoms with Crippen molar-refractivity contribution in [2.75, 3.05) is 11.9 Å². The highest BCUT2D eigenvalue weighted by atomic mass is 79.9. The molecule has 1 saturated carbocycles. The first kappa shape index (κ1) is 12.9. The monoisotopic (exact) mass is 325 g/mol. The molecule has 1 aliphatic carbocycles. The number of nitrogens with one attached hydrogen (secondary N) is 1. The Morgan fingerprint density at radius 1 is 1.47 bits per heavy atom. The number of amides is 1. The molecule has 4 atom stereocenters. The fraction of sp³-hybridized carbons (Fsp3) is 0.462. The summed E-state index contributed by atoms with van der Waals surface area (Å²) in [5, 5.41) is 3.31. The van der Waals surface area contributed by atoms with Gasteiger partial charge in [-0.25, -0.2) is 0 Å². The van der Waals surface area contributed by atoms with Crippen LogP contribution in [0.2, 0.25) is 0 Å². The third-order valence-corrected chi connectivity index (χ3v) is 4.69. The number of primary amides is 1. The smallest absolute Gasteiger partial charge is 0.251 e. The second-order valence-corrected chi connectivity index (χ2v) is 5.92. The summed E-state index contributed by atoms with van der Waals surface area (Å²) >= 11 is 3.35. The quantitative estimate of drug-likeness (QED) is 0.775. The van der Waals surface area contributed by atoms with Crippen LogP contribution >= 0.6 is 15.9 Å². The van der Waals surface area contributed by atoms with Crippen molar-refractivity contribution in [1.82, 2.24) is 0 Å². The van der Waals surface area contributed by atoms with Crippen molar-refractivity contribution in [3.05, 3.63) is 28.2 Å². The summed E-state index contributed by atoms with van der Waals surface area (Å²) in [5.41, 5.74) is 12.7. The summed E-state index contributed by atoms with van der Waals surface area (Å²) in [7, 11) is 0. The van der Waals surface area contributed by atoms with E-state index in [2.05, 4.69) is 21.2 Å². The zero-order valence-electron chi connectivity index (χ0n) is 10.3. The van der Waals surface area contributed by atoms with Gasteiger partial charge in [-0.1, -0.05) is 6.07 Å². The molecule has 19 heavy (non-hydrogen) atoms. The van der Waals surface area contributed by atoms with Gasteiger partial charge >= 0.3 is 0 Å². The maximum absolute atomic E-state index is 11.5. The van der Waals surface area contributed by atoms with Crippen molar-refractivity contribution in [3.63, 3.8) is 0 Å². The minimum absolute atomic E-state index is 0.0416. The predicted octanol–water partition coefficient (Wildman–Crippen LogP) is 1.07. The fourth-order valence-electron chi connectivity index (χ4n) is 3.00. The summed E-state index contributed by atoms with van der Waals surface area (Å²) in [6.07, 6.45) is 1.17. The van der Waals surface area contributed by atoms with Crippen molar-refractivity contribution >= 4 is 27.5 Å². The topological polar surface area (TPSA) is 90.4 Å². The number of hydrogen-bond acceptors (Lipinski definition) is 4. The Morgan fingerprint density at radius 3 is 3.00 bits per heavy atom. The molecule has 0 bridgehead atoms. The molecular formula is C13H16BrN3O2. The van der Waals surface area contributed by atoms with Gasteiger partial charge in [0.1, 0.15) is 0 Å². The zero-order chi connectivity index (χ0) is 13.6. The van der Waals surface area contributed by atoms with Crippen LogP contribution in [0.3, 0.4) is 0 Å². The van der Waals surface area contributed by atoms with Crippen LogP contribution in [0.1, 0.15) is 16.8 Å². The van der Waals surface area contributed by atoms with Crippen LogP contribution in [0.4, 0.5) is 5.69 Å². The largest absolute Gasteiger partial charge is 0.377 e. The van der Waals surface area contributed by atoms with Gasteiger partial charge < -0.3 is 21.5 Å². The number of carbonyl (C=O) groups excluding carboxylic acids is 1. The molecule has 1 saturated heterocycles. The molecule has 2 aliphatic rings. The van der Waals surface area contributed by atoms with E-state index in [1.54, 1.807) is 6.07 Å². The first-order valence-electron chi connectivity index (χ1n) is 6.31. The third kappa shape index (κ3) is 2.04. The molecular weight excluding hydrogens is 310 g/mol. The zero-order valence-corrected chi connectivity index (χ0v) is 11.9. The highest BCUT2D eigenvalue weighted by Crippen LogP contribution is 2.40. The number of nitrogens with two attached hydrogens (primary N) is 2. The fourth-order valence-corrected chi connectivity index (χ4v) is 3.56. The number of benzene rings is 1. The van der Waals surface area contributed by atoms with E-state index in [1.807, 2.05) is 12.1 Å². The Bertz CT molecular complexity index is 523. The van der Waals surface area contributed by atoms with E-state index in [1.165, 1.54) is 0 Å². The van der Waals surface area contributed by atoms with E-state index in [0.29, 0.717) is 21.6 Å². The summed E-state index contributed by atoms with van der Waals surface area (Å²) < 4.78 is 6.35. The van der Waals surface area contributed by atoms with E-state index in [9.17, 15) is 4.79 Å². The van der Waals surface area contributed by atoms with Gasteiger partial charge in [-0.15, -0.1) is 0 Å². The molecule has 1 aromatic rings. The van der Waals surface area contributed by atoms with Gasteiger partial charge in [0.05, 0.1) is 17.7 Å². The molecule has 1 aromatic carbocycles. The lowest BCUT2D eigenvalue weighted by atomic mass is 9.72. The Morgan fingerprint density at radius 2 is 2.26 bits per heavy atom. The molecule has 102 valence electrons. The molecule has 4 unspecified atom stereocenters.